The lowest BCUT2D eigenvalue weighted by Gasteiger charge is -2.05. The molecule has 0 spiro atoms. The zero-order valence-electron chi connectivity index (χ0n) is 15.6. The molecule has 0 amide bonds. The van der Waals surface area contributed by atoms with Crippen LogP contribution in [0.1, 0.15) is 5.56 Å². The van der Waals surface area contributed by atoms with Crippen LogP contribution in [-0.4, -0.2) is 22.9 Å². The summed E-state index contributed by atoms with van der Waals surface area (Å²) in [5.41, 5.74) is 5.84. The van der Waals surface area contributed by atoms with Crippen LogP contribution in [0.5, 0.6) is 0 Å². The summed E-state index contributed by atoms with van der Waals surface area (Å²) in [6, 6.07) is 28.3. The fourth-order valence-corrected chi connectivity index (χ4v) is 3.17. The van der Waals surface area contributed by atoms with Crippen LogP contribution in [0.3, 0.4) is 0 Å². The topological polar surface area (TPSA) is 44.1 Å². The van der Waals surface area contributed by atoms with Gasteiger partial charge in [0.2, 0.25) is 0 Å². The number of carbonyl (C=O) groups excluding carboxylic acids is 1. The number of esters is 1. The predicted molar refractivity (Wildman–Crippen MR) is 110 cm³/mol. The molecular formula is C24H20N2O2. The fraction of sp³-hybridized carbons (Fsp3) is 0.0833. The van der Waals surface area contributed by atoms with Gasteiger partial charge < -0.3 is 4.74 Å². The Morgan fingerprint density at radius 3 is 2.04 bits per heavy atom. The van der Waals surface area contributed by atoms with Crippen LogP contribution in [0.25, 0.3) is 28.1 Å². The minimum atomic E-state index is -0.283. The number of hydrogen-bond acceptors (Lipinski definition) is 3. The first kappa shape index (κ1) is 17.7. The molecule has 1 aromatic heterocycles. The molecule has 0 saturated heterocycles. The lowest BCUT2D eigenvalue weighted by molar-refractivity contribution is -0.139. The van der Waals surface area contributed by atoms with Gasteiger partial charge in [-0.1, -0.05) is 72.8 Å². The number of para-hydroxylation sites is 1. The fourth-order valence-electron chi connectivity index (χ4n) is 3.17. The molecule has 0 radical (unpaired) electrons. The van der Waals surface area contributed by atoms with Crippen molar-refractivity contribution >= 4 is 5.97 Å². The molecule has 28 heavy (non-hydrogen) atoms. The summed E-state index contributed by atoms with van der Waals surface area (Å²) in [5, 5.41) is 4.75. The number of benzene rings is 3. The summed E-state index contributed by atoms with van der Waals surface area (Å²) in [6.07, 6.45) is 2.08. The van der Waals surface area contributed by atoms with E-state index in [2.05, 4.69) is 24.3 Å². The van der Waals surface area contributed by atoms with Gasteiger partial charge in [0.1, 0.15) is 0 Å². The highest BCUT2D eigenvalue weighted by molar-refractivity contribution is 5.77. The van der Waals surface area contributed by atoms with E-state index in [-0.39, 0.29) is 12.4 Å². The Labute approximate surface area is 164 Å². The van der Waals surface area contributed by atoms with E-state index in [0.717, 1.165) is 28.1 Å². The van der Waals surface area contributed by atoms with Crippen LogP contribution in [0.15, 0.2) is 91.1 Å². The van der Waals surface area contributed by atoms with Crippen molar-refractivity contribution < 1.29 is 9.53 Å². The maximum atomic E-state index is 11.9. The van der Waals surface area contributed by atoms with Crippen molar-refractivity contribution in [2.24, 2.45) is 0 Å². The Morgan fingerprint density at radius 1 is 0.821 bits per heavy atom. The largest absolute Gasteiger partial charge is 0.469 e. The van der Waals surface area contributed by atoms with Gasteiger partial charge in [0.25, 0.3) is 0 Å². The molecule has 4 nitrogen and oxygen atoms in total. The van der Waals surface area contributed by atoms with Crippen molar-refractivity contribution in [3.05, 3.63) is 96.7 Å². The molecule has 4 rings (SSSR count). The quantitative estimate of drug-likeness (QED) is 0.470. The van der Waals surface area contributed by atoms with E-state index in [9.17, 15) is 4.79 Å². The van der Waals surface area contributed by atoms with Crippen molar-refractivity contribution in [1.29, 1.82) is 0 Å². The van der Waals surface area contributed by atoms with Crippen molar-refractivity contribution in [2.45, 2.75) is 6.42 Å². The van der Waals surface area contributed by atoms with E-state index in [4.69, 9.17) is 9.84 Å². The van der Waals surface area contributed by atoms with Gasteiger partial charge >= 0.3 is 5.97 Å². The summed E-state index contributed by atoms with van der Waals surface area (Å²) in [6.45, 7) is 0. The van der Waals surface area contributed by atoms with Gasteiger partial charge in [-0.25, -0.2) is 4.68 Å². The van der Waals surface area contributed by atoms with E-state index < -0.39 is 0 Å². The molecule has 138 valence electrons. The molecule has 4 aromatic rings. The van der Waals surface area contributed by atoms with Gasteiger partial charge in [-0.3, -0.25) is 4.79 Å². The minimum absolute atomic E-state index is 0.180. The molecule has 0 aliphatic heterocycles. The van der Waals surface area contributed by atoms with Crippen molar-refractivity contribution in [1.82, 2.24) is 9.78 Å². The number of carbonyl (C=O) groups is 1. The summed E-state index contributed by atoms with van der Waals surface area (Å²) >= 11 is 0. The lowest BCUT2D eigenvalue weighted by atomic mass is 10.0. The van der Waals surface area contributed by atoms with Gasteiger partial charge in [0.15, 0.2) is 0 Å². The number of nitrogens with zero attached hydrogens (tertiary/aromatic N) is 2. The molecule has 0 bridgehead atoms. The van der Waals surface area contributed by atoms with Gasteiger partial charge in [0, 0.05) is 17.3 Å². The zero-order valence-corrected chi connectivity index (χ0v) is 15.6. The molecule has 0 unspecified atom stereocenters. The second kappa shape index (κ2) is 7.92. The van der Waals surface area contributed by atoms with E-state index in [1.54, 1.807) is 4.68 Å². The molecule has 0 fully saturated rings. The van der Waals surface area contributed by atoms with Gasteiger partial charge in [-0.2, -0.15) is 5.10 Å². The summed E-state index contributed by atoms with van der Waals surface area (Å²) < 4.78 is 6.67. The second-order valence-corrected chi connectivity index (χ2v) is 6.48. The third-order valence-corrected chi connectivity index (χ3v) is 4.64. The molecule has 0 aliphatic rings. The molecule has 0 saturated carbocycles. The van der Waals surface area contributed by atoms with Crippen LogP contribution in [0, 0.1) is 0 Å². The number of hydrogen-bond donors (Lipinski definition) is 0. The Morgan fingerprint density at radius 2 is 1.39 bits per heavy atom. The third kappa shape index (κ3) is 3.71. The third-order valence-electron chi connectivity index (χ3n) is 4.64. The van der Waals surface area contributed by atoms with E-state index in [1.807, 2.05) is 66.9 Å². The minimum Gasteiger partial charge on any atom is -0.469 e. The maximum Gasteiger partial charge on any atom is 0.310 e. The van der Waals surface area contributed by atoms with Crippen LogP contribution >= 0.6 is 0 Å². The lowest BCUT2D eigenvalue weighted by Crippen LogP contribution is -2.04. The average molecular weight is 368 g/mol. The maximum absolute atomic E-state index is 11.9. The first-order valence-corrected chi connectivity index (χ1v) is 9.11. The van der Waals surface area contributed by atoms with E-state index >= 15 is 0 Å². The number of ether oxygens (including phenoxy) is 1. The highest BCUT2D eigenvalue weighted by Gasteiger charge is 2.16. The number of rotatable bonds is 5. The molecular weight excluding hydrogens is 348 g/mol. The zero-order chi connectivity index (χ0) is 19.3. The molecule has 3 aromatic carbocycles. The van der Waals surface area contributed by atoms with Crippen LogP contribution in [0.4, 0.5) is 0 Å². The SMILES string of the molecule is COC(=O)Cc1cn(-c2ccccc2)nc1-c1ccc(-c2ccccc2)cc1. The number of methoxy groups -OCH3 is 1. The van der Waals surface area contributed by atoms with Crippen molar-refractivity contribution in [3.63, 3.8) is 0 Å². The molecule has 1 heterocycles. The van der Waals surface area contributed by atoms with E-state index in [0.29, 0.717) is 0 Å². The Balaban J connectivity index is 1.73. The van der Waals surface area contributed by atoms with Crippen LogP contribution in [0.2, 0.25) is 0 Å². The van der Waals surface area contributed by atoms with Crippen molar-refractivity contribution in [3.8, 4) is 28.1 Å². The summed E-state index contributed by atoms with van der Waals surface area (Å²) in [4.78, 5) is 11.9. The monoisotopic (exact) mass is 368 g/mol. The summed E-state index contributed by atoms with van der Waals surface area (Å²) in [7, 11) is 1.40. The molecule has 4 heteroatoms. The Hall–Kier alpha value is -3.66. The smallest absolute Gasteiger partial charge is 0.310 e. The number of aromatic nitrogens is 2. The molecule has 0 N–H and O–H groups in total. The van der Waals surface area contributed by atoms with Gasteiger partial charge in [0.05, 0.1) is 24.9 Å². The summed E-state index contributed by atoms with van der Waals surface area (Å²) in [5.74, 6) is -0.283. The predicted octanol–water partition coefficient (Wildman–Crippen LogP) is 4.92. The van der Waals surface area contributed by atoms with Crippen LogP contribution < -0.4 is 0 Å². The van der Waals surface area contributed by atoms with Crippen molar-refractivity contribution in [2.75, 3.05) is 7.11 Å². The second-order valence-electron chi connectivity index (χ2n) is 6.48. The molecule has 0 aliphatic carbocycles. The van der Waals surface area contributed by atoms with Crippen LogP contribution in [-0.2, 0) is 16.0 Å². The first-order chi connectivity index (χ1) is 13.7. The molecule has 0 atom stereocenters. The highest BCUT2D eigenvalue weighted by atomic mass is 16.5. The Kier molecular flexibility index (Phi) is 5.02. The van der Waals surface area contributed by atoms with Gasteiger partial charge in [-0.05, 0) is 23.3 Å². The first-order valence-electron chi connectivity index (χ1n) is 9.11. The highest BCUT2D eigenvalue weighted by Crippen LogP contribution is 2.27. The average Bonchev–Trinajstić information content (AvgIpc) is 3.18. The van der Waals surface area contributed by atoms with Gasteiger partial charge in [-0.15, -0.1) is 0 Å². The Bertz CT molecular complexity index is 1070. The standard InChI is InChI=1S/C24H20N2O2/c1-28-23(27)16-21-17-26(22-10-6-3-7-11-22)25-24(21)20-14-12-19(13-15-20)18-8-4-2-5-9-18/h2-15,17H,16H2,1H3. The normalized spacial score (nSPS) is 10.6. The van der Waals surface area contributed by atoms with E-state index in [1.165, 1.54) is 12.7 Å².